The Morgan fingerprint density at radius 2 is 1.72 bits per heavy atom. The molecule has 0 amide bonds. The van der Waals surface area contributed by atoms with Gasteiger partial charge in [0.05, 0.1) is 6.54 Å². The van der Waals surface area contributed by atoms with Crippen molar-refractivity contribution >= 4 is 0 Å². The van der Waals surface area contributed by atoms with Crippen LogP contribution in [0.4, 0.5) is 0 Å². The van der Waals surface area contributed by atoms with Crippen molar-refractivity contribution in [3.63, 3.8) is 0 Å². The van der Waals surface area contributed by atoms with Crippen molar-refractivity contribution in [3.05, 3.63) is 47.0 Å². The fraction of sp³-hybridized carbons (Fsp3) is 0.429. The molecule has 2 N–H and O–H groups in total. The Bertz CT molecular complexity index is 499. The molecule has 2 aromatic rings. The lowest BCUT2D eigenvalue weighted by molar-refractivity contribution is 0.654. The fourth-order valence-electron chi connectivity index (χ4n) is 2.08. The van der Waals surface area contributed by atoms with Gasteiger partial charge in [0.1, 0.15) is 11.6 Å². The van der Waals surface area contributed by atoms with Gasteiger partial charge in [-0.05, 0) is 25.8 Å². The highest BCUT2D eigenvalue weighted by Gasteiger charge is 2.08. The van der Waals surface area contributed by atoms with E-state index in [4.69, 9.17) is 5.73 Å². The smallest absolute Gasteiger partial charge is 0.146 e. The zero-order valence-electron chi connectivity index (χ0n) is 11.1. The van der Waals surface area contributed by atoms with Crippen LogP contribution in [-0.2, 0) is 25.9 Å². The first-order valence-electron chi connectivity index (χ1n) is 6.41. The first kappa shape index (κ1) is 12.8. The third-order valence-corrected chi connectivity index (χ3v) is 3.16. The van der Waals surface area contributed by atoms with Gasteiger partial charge in [-0.15, -0.1) is 10.2 Å². The largest absolute Gasteiger partial charge is 0.324 e. The van der Waals surface area contributed by atoms with Crippen LogP contribution in [0.1, 0.15) is 29.7 Å². The summed E-state index contributed by atoms with van der Waals surface area (Å²) in [7, 11) is 0. The lowest BCUT2D eigenvalue weighted by Crippen LogP contribution is -2.10. The Kier molecular flexibility index (Phi) is 4.10. The lowest BCUT2D eigenvalue weighted by Gasteiger charge is -2.06. The molecule has 0 fully saturated rings. The zero-order chi connectivity index (χ0) is 13.0. The zero-order valence-corrected chi connectivity index (χ0v) is 11.1. The number of rotatable bonds is 5. The maximum absolute atomic E-state index is 5.64. The fourth-order valence-corrected chi connectivity index (χ4v) is 2.08. The van der Waals surface area contributed by atoms with E-state index in [0.29, 0.717) is 6.54 Å². The van der Waals surface area contributed by atoms with Crippen LogP contribution < -0.4 is 5.73 Å². The third-order valence-electron chi connectivity index (χ3n) is 3.16. The van der Waals surface area contributed by atoms with E-state index in [2.05, 4.69) is 52.9 Å². The Morgan fingerprint density at radius 3 is 2.33 bits per heavy atom. The van der Waals surface area contributed by atoms with Gasteiger partial charge in [0.2, 0.25) is 0 Å². The van der Waals surface area contributed by atoms with E-state index in [1.807, 2.05) is 0 Å². The molecule has 0 aliphatic heterocycles. The highest BCUT2D eigenvalue weighted by Crippen LogP contribution is 2.09. The highest BCUT2D eigenvalue weighted by atomic mass is 15.3. The molecular formula is C14H20N4. The molecule has 0 atom stereocenters. The van der Waals surface area contributed by atoms with E-state index in [0.717, 1.165) is 31.0 Å². The van der Waals surface area contributed by atoms with Gasteiger partial charge >= 0.3 is 0 Å². The van der Waals surface area contributed by atoms with Crippen molar-refractivity contribution in [3.8, 4) is 0 Å². The Labute approximate surface area is 108 Å². The number of nitrogens with two attached hydrogens (primary N) is 1. The molecule has 0 aliphatic rings. The average molecular weight is 244 g/mol. The van der Waals surface area contributed by atoms with Gasteiger partial charge in [-0.3, -0.25) is 0 Å². The molecule has 0 saturated carbocycles. The normalized spacial score (nSPS) is 10.8. The molecule has 0 spiro atoms. The summed E-state index contributed by atoms with van der Waals surface area (Å²) in [5.74, 6) is 1.90. The summed E-state index contributed by atoms with van der Waals surface area (Å²) in [5.41, 5.74) is 8.27. The van der Waals surface area contributed by atoms with Crippen LogP contribution in [0.15, 0.2) is 24.3 Å². The molecule has 4 nitrogen and oxygen atoms in total. The standard InChI is InChI=1S/C14H20N4/c1-3-18-13(16-17-14(18)10-15)9-8-12-6-4-11(2)5-7-12/h4-7H,3,8-10,15H2,1-2H3. The van der Waals surface area contributed by atoms with E-state index >= 15 is 0 Å². The van der Waals surface area contributed by atoms with Gasteiger partial charge in [0.15, 0.2) is 0 Å². The van der Waals surface area contributed by atoms with E-state index < -0.39 is 0 Å². The van der Waals surface area contributed by atoms with Gasteiger partial charge < -0.3 is 10.3 Å². The van der Waals surface area contributed by atoms with Crippen molar-refractivity contribution in [1.29, 1.82) is 0 Å². The third kappa shape index (κ3) is 2.76. The van der Waals surface area contributed by atoms with Crippen molar-refractivity contribution in [2.45, 2.75) is 39.8 Å². The van der Waals surface area contributed by atoms with E-state index in [1.54, 1.807) is 0 Å². The summed E-state index contributed by atoms with van der Waals surface area (Å²) in [6, 6.07) is 8.63. The summed E-state index contributed by atoms with van der Waals surface area (Å²) in [4.78, 5) is 0. The van der Waals surface area contributed by atoms with Crippen molar-refractivity contribution in [2.24, 2.45) is 5.73 Å². The number of hydrogen-bond donors (Lipinski definition) is 1. The minimum atomic E-state index is 0.450. The molecule has 0 bridgehead atoms. The SMILES string of the molecule is CCn1c(CN)nnc1CCc1ccc(C)cc1. The minimum Gasteiger partial charge on any atom is -0.324 e. The summed E-state index contributed by atoms with van der Waals surface area (Å²) >= 11 is 0. The van der Waals surface area contributed by atoms with Gasteiger partial charge in [0, 0.05) is 13.0 Å². The predicted molar refractivity (Wildman–Crippen MR) is 72.2 cm³/mol. The molecule has 1 heterocycles. The second-order valence-corrected chi connectivity index (χ2v) is 4.47. The molecule has 0 unspecified atom stereocenters. The first-order valence-corrected chi connectivity index (χ1v) is 6.41. The molecule has 1 aromatic heterocycles. The van der Waals surface area contributed by atoms with Crippen LogP contribution in [0.3, 0.4) is 0 Å². The second-order valence-electron chi connectivity index (χ2n) is 4.47. The quantitative estimate of drug-likeness (QED) is 0.873. The molecule has 1 aromatic carbocycles. The van der Waals surface area contributed by atoms with Gasteiger partial charge in [-0.2, -0.15) is 0 Å². The highest BCUT2D eigenvalue weighted by molar-refractivity contribution is 5.21. The number of aromatic nitrogens is 3. The van der Waals surface area contributed by atoms with Crippen LogP contribution >= 0.6 is 0 Å². The van der Waals surface area contributed by atoms with E-state index in [9.17, 15) is 0 Å². The minimum absolute atomic E-state index is 0.450. The molecular weight excluding hydrogens is 224 g/mol. The lowest BCUT2D eigenvalue weighted by atomic mass is 10.1. The van der Waals surface area contributed by atoms with Crippen LogP contribution in [-0.4, -0.2) is 14.8 Å². The second kappa shape index (κ2) is 5.78. The predicted octanol–water partition coefficient (Wildman–Crippen LogP) is 1.85. The van der Waals surface area contributed by atoms with Crippen molar-refractivity contribution < 1.29 is 0 Å². The topological polar surface area (TPSA) is 56.7 Å². The molecule has 96 valence electrons. The molecule has 0 saturated heterocycles. The van der Waals surface area contributed by atoms with E-state index in [1.165, 1.54) is 11.1 Å². The molecule has 0 radical (unpaired) electrons. The summed E-state index contributed by atoms with van der Waals surface area (Å²) in [6.45, 7) is 5.52. The Morgan fingerprint density at radius 1 is 1.06 bits per heavy atom. The van der Waals surface area contributed by atoms with Gasteiger partial charge in [-0.1, -0.05) is 29.8 Å². The van der Waals surface area contributed by atoms with Gasteiger partial charge in [0.25, 0.3) is 0 Å². The maximum Gasteiger partial charge on any atom is 0.146 e. The Hall–Kier alpha value is -1.68. The molecule has 4 heteroatoms. The average Bonchev–Trinajstić information content (AvgIpc) is 2.80. The molecule has 2 rings (SSSR count). The summed E-state index contributed by atoms with van der Waals surface area (Å²) in [6.07, 6.45) is 1.90. The first-order chi connectivity index (χ1) is 8.74. The van der Waals surface area contributed by atoms with Crippen LogP contribution in [0, 0.1) is 6.92 Å². The van der Waals surface area contributed by atoms with Crippen LogP contribution in [0.2, 0.25) is 0 Å². The van der Waals surface area contributed by atoms with Crippen molar-refractivity contribution in [2.75, 3.05) is 0 Å². The number of aryl methyl sites for hydroxylation is 3. The van der Waals surface area contributed by atoms with E-state index in [-0.39, 0.29) is 0 Å². The number of benzene rings is 1. The van der Waals surface area contributed by atoms with Gasteiger partial charge in [-0.25, -0.2) is 0 Å². The summed E-state index contributed by atoms with van der Waals surface area (Å²) in [5, 5.41) is 8.34. The summed E-state index contributed by atoms with van der Waals surface area (Å²) < 4.78 is 2.11. The maximum atomic E-state index is 5.64. The Balaban J connectivity index is 2.06. The molecule has 0 aliphatic carbocycles. The monoisotopic (exact) mass is 244 g/mol. The molecule has 18 heavy (non-hydrogen) atoms. The number of nitrogens with zero attached hydrogens (tertiary/aromatic N) is 3. The number of hydrogen-bond acceptors (Lipinski definition) is 3. The van der Waals surface area contributed by atoms with Crippen LogP contribution in [0.25, 0.3) is 0 Å². The van der Waals surface area contributed by atoms with Crippen molar-refractivity contribution in [1.82, 2.24) is 14.8 Å². The van der Waals surface area contributed by atoms with Crippen LogP contribution in [0.5, 0.6) is 0 Å².